The highest BCUT2D eigenvalue weighted by Gasteiger charge is 2.26. The minimum Gasteiger partial charge on any atom is -0.493 e. The fourth-order valence-electron chi connectivity index (χ4n) is 3.71. The van der Waals surface area contributed by atoms with Crippen molar-refractivity contribution in [1.82, 2.24) is 9.78 Å². The van der Waals surface area contributed by atoms with Gasteiger partial charge in [0.25, 0.3) is 0 Å². The molecule has 1 aliphatic rings. The van der Waals surface area contributed by atoms with Gasteiger partial charge in [0, 0.05) is 17.7 Å². The van der Waals surface area contributed by atoms with Crippen LogP contribution in [0.15, 0.2) is 36.4 Å². The quantitative estimate of drug-likeness (QED) is 0.654. The first-order valence-corrected chi connectivity index (χ1v) is 9.60. The Balaban J connectivity index is 1.89. The van der Waals surface area contributed by atoms with Crippen LogP contribution >= 0.6 is 0 Å². The number of hydrogen-bond acceptors (Lipinski definition) is 6. The Hall–Kier alpha value is -3.35. The molecule has 0 radical (unpaired) electrons. The molecule has 0 atom stereocenters. The van der Waals surface area contributed by atoms with E-state index in [1.54, 1.807) is 21.3 Å². The maximum Gasteiger partial charge on any atom is 0.203 e. The standard InChI is InChI=1S/C22H25N3O4/c1-5-29-17-9-7-6-8-16(17)25-22-15(10-11-23-22)20(24-25)14-12-18(26-2)21(28-4)19(13-14)27-3/h6-9,12-13,23H,5,10-11H2,1-4H3. The van der Waals surface area contributed by atoms with E-state index >= 15 is 0 Å². The fourth-order valence-corrected chi connectivity index (χ4v) is 3.71. The molecule has 2 heterocycles. The van der Waals surface area contributed by atoms with E-state index in [1.165, 1.54) is 0 Å². The van der Waals surface area contributed by atoms with Crippen LogP contribution in [-0.2, 0) is 6.42 Å². The van der Waals surface area contributed by atoms with E-state index in [0.717, 1.165) is 47.0 Å². The molecule has 0 saturated carbocycles. The lowest BCUT2D eigenvalue weighted by Crippen LogP contribution is -2.06. The summed E-state index contributed by atoms with van der Waals surface area (Å²) in [4.78, 5) is 0. The number of nitrogens with one attached hydrogen (secondary N) is 1. The summed E-state index contributed by atoms with van der Waals surface area (Å²) in [5.74, 6) is 3.55. The topological polar surface area (TPSA) is 66.8 Å². The Morgan fingerprint density at radius 1 is 1.00 bits per heavy atom. The van der Waals surface area contributed by atoms with Gasteiger partial charge in [-0.3, -0.25) is 0 Å². The number of rotatable bonds is 7. The van der Waals surface area contributed by atoms with E-state index in [1.807, 2.05) is 48.0 Å². The molecule has 0 spiro atoms. The summed E-state index contributed by atoms with van der Waals surface area (Å²) in [6.07, 6.45) is 0.887. The molecule has 3 aromatic rings. The summed E-state index contributed by atoms with van der Waals surface area (Å²) in [5.41, 5.74) is 3.85. The second-order valence-electron chi connectivity index (χ2n) is 6.58. The highest BCUT2D eigenvalue weighted by atomic mass is 16.5. The molecule has 0 saturated heterocycles. The van der Waals surface area contributed by atoms with Crippen molar-refractivity contribution in [2.75, 3.05) is 39.8 Å². The van der Waals surface area contributed by atoms with Crippen LogP contribution in [0.3, 0.4) is 0 Å². The molecule has 1 aliphatic heterocycles. The molecule has 0 aliphatic carbocycles. The van der Waals surface area contributed by atoms with E-state index in [4.69, 9.17) is 24.0 Å². The number of methoxy groups -OCH3 is 3. The monoisotopic (exact) mass is 395 g/mol. The third kappa shape index (κ3) is 3.22. The first kappa shape index (κ1) is 19.0. The van der Waals surface area contributed by atoms with Gasteiger partial charge in [0.15, 0.2) is 11.5 Å². The molecule has 7 heteroatoms. The van der Waals surface area contributed by atoms with Crippen LogP contribution < -0.4 is 24.3 Å². The van der Waals surface area contributed by atoms with Crippen LogP contribution in [0.2, 0.25) is 0 Å². The number of aromatic nitrogens is 2. The van der Waals surface area contributed by atoms with Gasteiger partial charge in [0.1, 0.15) is 17.3 Å². The number of nitrogens with zero attached hydrogens (tertiary/aromatic N) is 2. The Morgan fingerprint density at radius 2 is 1.72 bits per heavy atom. The van der Waals surface area contributed by atoms with Gasteiger partial charge in [-0.2, -0.15) is 5.10 Å². The minimum absolute atomic E-state index is 0.564. The molecule has 4 rings (SSSR count). The van der Waals surface area contributed by atoms with Crippen molar-refractivity contribution in [3.05, 3.63) is 42.0 Å². The van der Waals surface area contributed by atoms with Gasteiger partial charge < -0.3 is 24.3 Å². The molecule has 29 heavy (non-hydrogen) atoms. The van der Waals surface area contributed by atoms with Crippen molar-refractivity contribution < 1.29 is 18.9 Å². The molecule has 7 nitrogen and oxygen atoms in total. The third-order valence-electron chi connectivity index (χ3n) is 4.98. The highest BCUT2D eigenvalue weighted by molar-refractivity contribution is 5.76. The predicted molar refractivity (Wildman–Crippen MR) is 112 cm³/mol. The first-order chi connectivity index (χ1) is 14.2. The van der Waals surface area contributed by atoms with E-state index in [2.05, 4.69) is 5.32 Å². The maximum atomic E-state index is 5.82. The molecular formula is C22H25N3O4. The van der Waals surface area contributed by atoms with Gasteiger partial charge in [0.05, 0.1) is 33.6 Å². The molecule has 0 amide bonds. The zero-order valence-corrected chi connectivity index (χ0v) is 17.1. The number of para-hydroxylation sites is 2. The predicted octanol–water partition coefficient (Wildman–Crippen LogP) is 3.93. The fraction of sp³-hybridized carbons (Fsp3) is 0.318. The second-order valence-corrected chi connectivity index (χ2v) is 6.58. The van der Waals surface area contributed by atoms with Crippen molar-refractivity contribution in [1.29, 1.82) is 0 Å². The first-order valence-electron chi connectivity index (χ1n) is 9.60. The van der Waals surface area contributed by atoms with Crippen molar-refractivity contribution in [3.63, 3.8) is 0 Å². The molecule has 0 fully saturated rings. The van der Waals surface area contributed by atoms with Gasteiger partial charge in [-0.1, -0.05) is 12.1 Å². The van der Waals surface area contributed by atoms with Crippen LogP contribution in [0.1, 0.15) is 12.5 Å². The van der Waals surface area contributed by atoms with E-state index < -0.39 is 0 Å². The van der Waals surface area contributed by atoms with Crippen LogP contribution in [0.25, 0.3) is 16.9 Å². The van der Waals surface area contributed by atoms with Crippen LogP contribution in [0.5, 0.6) is 23.0 Å². The highest BCUT2D eigenvalue weighted by Crippen LogP contribution is 2.44. The number of hydrogen-bond donors (Lipinski definition) is 1. The summed E-state index contributed by atoms with van der Waals surface area (Å²) < 4.78 is 24.3. The minimum atomic E-state index is 0.564. The van der Waals surface area contributed by atoms with Crippen molar-refractivity contribution in [2.24, 2.45) is 0 Å². The summed E-state index contributed by atoms with van der Waals surface area (Å²) in [5, 5.41) is 8.41. The average molecular weight is 395 g/mol. The number of anilines is 1. The zero-order chi connectivity index (χ0) is 20.4. The number of benzene rings is 2. The molecular weight excluding hydrogens is 370 g/mol. The Morgan fingerprint density at radius 3 is 2.38 bits per heavy atom. The lowest BCUT2D eigenvalue weighted by atomic mass is 10.1. The molecule has 2 aromatic carbocycles. The van der Waals surface area contributed by atoms with Crippen LogP contribution in [0.4, 0.5) is 5.82 Å². The third-order valence-corrected chi connectivity index (χ3v) is 4.98. The number of fused-ring (bicyclic) bond motifs is 1. The summed E-state index contributed by atoms with van der Waals surface area (Å²) in [6, 6.07) is 11.8. The van der Waals surface area contributed by atoms with Crippen molar-refractivity contribution in [2.45, 2.75) is 13.3 Å². The second kappa shape index (κ2) is 7.95. The maximum absolute atomic E-state index is 5.82. The van der Waals surface area contributed by atoms with E-state index in [9.17, 15) is 0 Å². The summed E-state index contributed by atoms with van der Waals surface area (Å²) in [6.45, 7) is 3.43. The zero-order valence-electron chi connectivity index (χ0n) is 17.1. The van der Waals surface area contributed by atoms with E-state index in [-0.39, 0.29) is 0 Å². The SMILES string of the molecule is CCOc1ccccc1-n1nc(-c2cc(OC)c(OC)c(OC)c2)c2c1NCC2. The van der Waals surface area contributed by atoms with E-state index in [0.29, 0.717) is 23.9 Å². The molecule has 1 N–H and O–H groups in total. The Labute approximate surface area is 170 Å². The van der Waals surface area contributed by atoms with Crippen LogP contribution in [0, 0.1) is 0 Å². The van der Waals surface area contributed by atoms with Gasteiger partial charge in [-0.25, -0.2) is 4.68 Å². The molecule has 0 bridgehead atoms. The van der Waals surface area contributed by atoms with Gasteiger partial charge in [-0.05, 0) is 37.6 Å². The molecule has 152 valence electrons. The molecule has 0 unspecified atom stereocenters. The smallest absolute Gasteiger partial charge is 0.203 e. The van der Waals surface area contributed by atoms with Crippen LogP contribution in [-0.4, -0.2) is 44.3 Å². The average Bonchev–Trinajstić information content (AvgIpc) is 3.36. The van der Waals surface area contributed by atoms with Gasteiger partial charge in [-0.15, -0.1) is 0 Å². The van der Waals surface area contributed by atoms with Gasteiger partial charge >= 0.3 is 0 Å². The summed E-state index contributed by atoms with van der Waals surface area (Å²) >= 11 is 0. The largest absolute Gasteiger partial charge is 0.493 e. The lowest BCUT2D eigenvalue weighted by Gasteiger charge is -2.14. The molecule has 1 aromatic heterocycles. The number of ether oxygens (including phenoxy) is 4. The lowest BCUT2D eigenvalue weighted by molar-refractivity contribution is 0.324. The normalized spacial score (nSPS) is 12.3. The van der Waals surface area contributed by atoms with Crippen molar-refractivity contribution >= 4 is 5.82 Å². The Kier molecular flexibility index (Phi) is 5.20. The Bertz CT molecular complexity index is 1000. The summed E-state index contributed by atoms with van der Waals surface area (Å²) in [7, 11) is 4.83. The van der Waals surface area contributed by atoms with Crippen molar-refractivity contribution in [3.8, 4) is 39.9 Å². The van der Waals surface area contributed by atoms with Gasteiger partial charge in [0.2, 0.25) is 5.75 Å².